The molecule has 3 atom stereocenters. The Hall–Kier alpha value is -0.120. The van der Waals surface area contributed by atoms with Crippen LogP contribution in [0.25, 0.3) is 0 Å². The van der Waals surface area contributed by atoms with Gasteiger partial charge in [-0.1, -0.05) is 0 Å². The van der Waals surface area contributed by atoms with Crippen LogP contribution < -0.4 is 0 Å². The molecule has 0 aromatic rings. The lowest BCUT2D eigenvalue weighted by atomic mass is 10.00. The number of aliphatic hydroxyl groups excluding tert-OH is 2. The third-order valence-electron chi connectivity index (χ3n) is 3.43. The van der Waals surface area contributed by atoms with Crippen LogP contribution in [0.2, 0.25) is 0 Å². The van der Waals surface area contributed by atoms with Crippen molar-refractivity contribution in [2.45, 2.75) is 50.3 Å². The van der Waals surface area contributed by atoms with Gasteiger partial charge >= 0.3 is 0 Å². The summed E-state index contributed by atoms with van der Waals surface area (Å²) in [6.07, 6.45) is 5.19. The fraction of sp³-hybridized carbons (Fsp3) is 1.00. The standard InChI is InChI=1S/C10H19NO2/c12-5-1-4-11-8-2-3-9(11)7-10(13)6-8/h8-10,12-13H,1-7H2/t8-,9+,10?. The summed E-state index contributed by atoms with van der Waals surface area (Å²) in [5.74, 6) is 0. The van der Waals surface area contributed by atoms with Gasteiger partial charge in [0.1, 0.15) is 0 Å². The summed E-state index contributed by atoms with van der Waals surface area (Å²) in [5, 5.41) is 18.3. The van der Waals surface area contributed by atoms with Crippen LogP contribution in [-0.4, -0.2) is 46.5 Å². The molecule has 2 aliphatic rings. The monoisotopic (exact) mass is 185 g/mol. The van der Waals surface area contributed by atoms with E-state index in [0.717, 1.165) is 25.8 Å². The van der Waals surface area contributed by atoms with Gasteiger partial charge in [0, 0.05) is 25.2 Å². The van der Waals surface area contributed by atoms with E-state index in [4.69, 9.17) is 5.11 Å². The van der Waals surface area contributed by atoms with Crippen LogP contribution in [0.1, 0.15) is 32.1 Å². The predicted octanol–water partition coefficient (Wildman–Crippen LogP) is 0.356. The molecule has 2 saturated heterocycles. The van der Waals surface area contributed by atoms with E-state index in [-0.39, 0.29) is 6.10 Å². The second kappa shape index (κ2) is 3.95. The molecule has 2 rings (SSSR count). The number of rotatable bonds is 3. The molecule has 0 aromatic carbocycles. The van der Waals surface area contributed by atoms with Crippen LogP contribution in [0, 0.1) is 0 Å². The molecular formula is C10H19NO2. The number of nitrogens with zero attached hydrogens (tertiary/aromatic N) is 1. The van der Waals surface area contributed by atoms with Crippen LogP contribution in [0.5, 0.6) is 0 Å². The summed E-state index contributed by atoms with van der Waals surface area (Å²) in [6, 6.07) is 1.19. The number of fused-ring (bicyclic) bond motifs is 2. The first-order chi connectivity index (χ1) is 6.31. The van der Waals surface area contributed by atoms with Gasteiger partial charge in [-0.2, -0.15) is 0 Å². The van der Waals surface area contributed by atoms with Crippen molar-refractivity contribution in [3.63, 3.8) is 0 Å². The largest absolute Gasteiger partial charge is 0.396 e. The zero-order valence-corrected chi connectivity index (χ0v) is 8.02. The maximum atomic E-state index is 9.56. The Balaban J connectivity index is 1.90. The van der Waals surface area contributed by atoms with Gasteiger partial charge < -0.3 is 10.2 Å². The highest BCUT2D eigenvalue weighted by Crippen LogP contribution is 2.35. The zero-order valence-electron chi connectivity index (χ0n) is 8.02. The Morgan fingerprint density at radius 2 is 1.77 bits per heavy atom. The maximum absolute atomic E-state index is 9.56. The molecule has 2 aliphatic heterocycles. The third kappa shape index (κ3) is 1.87. The van der Waals surface area contributed by atoms with Gasteiger partial charge in [0.25, 0.3) is 0 Å². The zero-order chi connectivity index (χ0) is 9.26. The van der Waals surface area contributed by atoms with Crippen molar-refractivity contribution in [1.29, 1.82) is 0 Å². The molecule has 2 heterocycles. The van der Waals surface area contributed by atoms with E-state index in [9.17, 15) is 5.11 Å². The second-order valence-corrected chi connectivity index (χ2v) is 4.33. The van der Waals surface area contributed by atoms with Gasteiger partial charge in [-0.05, 0) is 32.1 Å². The Labute approximate surface area is 79.4 Å². The van der Waals surface area contributed by atoms with E-state index in [1.807, 2.05) is 0 Å². The average Bonchev–Trinajstić information content (AvgIpc) is 2.33. The SMILES string of the molecule is OCCCN1[C@@H]2CC[C@H]1CC(O)C2. The average molecular weight is 185 g/mol. The van der Waals surface area contributed by atoms with E-state index in [1.54, 1.807) is 0 Å². The van der Waals surface area contributed by atoms with Crippen molar-refractivity contribution in [2.24, 2.45) is 0 Å². The first-order valence-electron chi connectivity index (χ1n) is 5.36. The van der Waals surface area contributed by atoms with Crippen LogP contribution in [0.3, 0.4) is 0 Å². The number of piperidine rings is 1. The fourth-order valence-corrected chi connectivity index (χ4v) is 2.86. The van der Waals surface area contributed by atoms with Crippen LogP contribution in [0.4, 0.5) is 0 Å². The minimum absolute atomic E-state index is 0.0668. The smallest absolute Gasteiger partial charge is 0.0570 e. The highest BCUT2D eigenvalue weighted by Gasteiger charge is 2.39. The van der Waals surface area contributed by atoms with E-state index < -0.39 is 0 Å². The molecule has 13 heavy (non-hydrogen) atoms. The molecule has 0 radical (unpaired) electrons. The predicted molar refractivity (Wildman–Crippen MR) is 50.5 cm³/mol. The van der Waals surface area contributed by atoms with Gasteiger partial charge in [-0.25, -0.2) is 0 Å². The molecule has 0 spiro atoms. The Morgan fingerprint density at radius 3 is 2.31 bits per heavy atom. The molecule has 0 saturated carbocycles. The van der Waals surface area contributed by atoms with Gasteiger partial charge in [-0.15, -0.1) is 0 Å². The first kappa shape index (κ1) is 9.44. The highest BCUT2D eigenvalue weighted by atomic mass is 16.3. The van der Waals surface area contributed by atoms with Crippen molar-refractivity contribution < 1.29 is 10.2 Å². The Morgan fingerprint density at radius 1 is 1.15 bits per heavy atom. The lowest BCUT2D eigenvalue weighted by molar-refractivity contribution is 0.0326. The van der Waals surface area contributed by atoms with Crippen molar-refractivity contribution in [1.82, 2.24) is 4.90 Å². The minimum Gasteiger partial charge on any atom is -0.396 e. The summed E-state index contributed by atoms with van der Waals surface area (Å²) in [7, 11) is 0. The van der Waals surface area contributed by atoms with E-state index >= 15 is 0 Å². The Kier molecular flexibility index (Phi) is 2.86. The molecule has 0 aliphatic carbocycles. The van der Waals surface area contributed by atoms with Gasteiger partial charge in [0.2, 0.25) is 0 Å². The normalized spacial score (nSPS) is 39.7. The summed E-state index contributed by atoms with van der Waals surface area (Å²) in [5.41, 5.74) is 0. The van der Waals surface area contributed by atoms with Crippen molar-refractivity contribution in [3.05, 3.63) is 0 Å². The van der Waals surface area contributed by atoms with E-state index in [1.165, 1.54) is 12.8 Å². The molecular weight excluding hydrogens is 166 g/mol. The number of hydrogen-bond donors (Lipinski definition) is 2. The quantitative estimate of drug-likeness (QED) is 0.667. The summed E-state index contributed by atoms with van der Waals surface area (Å²) >= 11 is 0. The minimum atomic E-state index is -0.0668. The van der Waals surface area contributed by atoms with Crippen molar-refractivity contribution in [2.75, 3.05) is 13.2 Å². The van der Waals surface area contributed by atoms with Gasteiger partial charge in [0.05, 0.1) is 6.10 Å². The van der Waals surface area contributed by atoms with Gasteiger partial charge in [-0.3, -0.25) is 4.90 Å². The highest BCUT2D eigenvalue weighted by molar-refractivity contribution is 4.94. The van der Waals surface area contributed by atoms with E-state index in [0.29, 0.717) is 18.7 Å². The topological polar surface area (TPSA) is 43.7 Å². The van der Waals surface area contributed by atoms with Gasteiger partial charge in [0.15, 0.2) is 0 Å². The summed E-state index contributed by atoms with van der Waals surface area (Å²) < 4.78 is 0. The summed E-state index contributed by atoms with van der Waals surface area (Å²) in [6.45, 7) is 1.30. The van der Waals surface area contributed by atoms with E-state index in [2.05, 4.69) is 4.90 Å². The molecule has 1 unspecified atom stereocenters. The Bertz CT molecular complexity index is 160. The molecule has 0 amide bonds. The van der Waals surface area contributed by atoms with Crippen LogP contribution in [0.15, 0.2) is 0 Å². The van der Waals surface area contributed by atoms with Crippen LogP contribution >= 0.6 is 0 Å². The maximum Gasteiger partial charge on any atom is 0.0570 e. The molecule has 2 fully saturated rings. The van der Waals surface area contributed by atoms with Crippen LogP contribution in [-0.2, 0) is 0 Å². The second-order valence-electron chi connectivity index (χ2n) is 4.33. The van der Waals surface area contributed by atoms with Crippen molar-refractivity contribution in [3.8, 4) is 0 Å². The molecule has 2 bridgehead atoms. The lowest BCUT2D eigenvalue weighted by Crippen LogP contribution is -2.45. The fourth-order valence-electron chi connectivity index (χ4n) is 2.86. The van der Waals surface area contributed by atoms with Crippen molar-refractivity contribution >= 4 is 0 Å². The molecule has 2 N–H and O–H groups in total. The molecule has 3 nitrogen and oxygen atoms in total. The number of hydrogen-bond acceptors (Lipinski definition) is 3. The summed E-state index contributed by atoms with van der Waals surface area (Å²) in [4.78, 5) is 2.49. The lowest BCUT2D eigenvalue weighted by Gasteiger charge is -2.37. The first-order valence-corrected chi connectivity index (χ1v) is 5.36. The molecule has 76 valence electrons. The number of aliphatic hydroxyl groups is 2. The molecule has 0 aromatic heterocycles. The molecule has 3 heteroatoms. The third-order valence-corrected chi connectivity index (χ3v) is 3.43.